The van der Waals surface area contributed by atoms with Crippen molar-refractivity contribution < 1.29 is 14.3 Å². The number of carbonyl (C=O) groups excluding carboxylic acids is 2. The smallest absolute Gasteiger partial charge is 0.233 e. The van der Waals surface area contributed by atoms with E-state index in [1.165, 1.54) is 0 Å². The molecule has 4 nitrogen and oxygen atoms in total. The first-order valence-corrected chi connectivity index (χ1v) is 13.2. The molecule has 35 heavy (non-hydrogen) atoms. The molecule has 1 aliphatic heterocycles. The minimum Gasteiger partial charge on any atom is -0.488 e. The molecule has 0 radical (unpaired) electrons. The molecule has 0 saturated heterocycles. The summed E-state index contributed by atoms with van der Waals surface area (Å²) < 4.78 is 6.33. The molecule has 0 spiro atoms. The van der Waals surface area contributed by atoms with Crippen LogP contribution < -0.4 is 9.64 Å². The van der Waals surface area contributed by atoms with E-state index in [2.05, 4.69) is 12.1 Å². The lowest BCUT2D eigenvalue weighted by atomic mass is 9.81. The van der Waals surface area contributed by atoms with E-state index in [0.29, 0.717) is 51.1 Å². The third-order valence-electron chi connectivity index (χ3n) is 8.51. The van der Waals surface area contributed by atoms with Gasteiger partial charge < -0.3 is 9.64 Å². The average molecular weight is 508 g/mol. The van der Waals surface area contributed by atoms with Gasteiger partial charge in [0.15, 0.2) is 0 Å². The minimum absolute atomic E-state index is 0.0438. The van der Waals surface area contributed by atoms with Crippen LogP contribution in [0.1, 0.15) is 49.1 Å². The van der Waals surface area contributed by atoms with Crippen LogP contribution in [0.2, 0.25) is 0 Å². The van der Waals surface area contributed by atoms with Gasteiger partial charge in [-0.25, -0.2) is 0 Å². The Morgan fingerprint density at radius 1 is 0.943 bits per heavy atom. The second-order valence-electron chi connectivity index (χ2n) is 10.4. The van der Waals surface area contributed by atoms with Gasteiger partial charge in [0, 0.05) is 35.2 Å². The molecular formula is C29H27Cl2NO3. The third kappa shape index (κ3) is 3.56. The zero-order valence-electron chi connectivity index (χ0n) is 19.4. The predicted octanol–water partition coefficient (Wildman–Crippen LogP) is 6.80. The van der Waals surface area contributed by atoms with Crippen LogP contribution in [0.4, 0.5) is 5.69 Å². The number of fused-ring (bicyclic) bond motifs is 5. The second kappa shape index (κ2) is 8.53. The van der Waals surface area contributed by atoms with Crippen LogP contribution in [0.5, 0.6) is 5.75 Å². The Labute approximate surface area is 215 Å². The van der Waals surface area contributed by atoms with Crippen molar-refractivity contribution in [1.29, 1.82) is 0 Å². The molecule has 3 aliphatic rings. The quantitative estimate of drug-likeness (QED) is 0.272. The zero-order valence-corrected chi connectivity index (χ0v) is 20.9. The lowest BCUT2D eigenvalue weighted by Gasteiger charge is -2.31. The van der Waals surface area contributed by atoms with E-state index >= 15 is 0 Å². The van der Waals surface area contributed by atoms with Crippen LogP contribution in [0.25, 0.3) is 10.8 Å². The highest BCUT2D eigenvalue weighted by atomic mass is 35.5. The zero-order chi connectivity index (χ0) is 24.2. The third-order valence-corrected chi connectivity index (χ3v) is 9.28. The normalized spacial score (nSPS) is 26.8. The molecule has 1 unspecified atom stereocenters. The lowest BCUT2D eigenvalue weighted by molar-refractivity contribution is -0.127. The summed E-state index contributed by atoms with van der Waals surface area (Å²) in [7, 11) is 0. The molecule has 1 heterocycles. The molecule has 3 aromatic rings. The molecule has 0 aromatic heterocycles. The van der Waals surface area contributed by atoms with Crippen LogP contribution in [0.3, 0.4) is 0 Å². The summed E-state index contributed by atoms with van der Waals surface area (Å²) in [6, 6.07) is 20.3. The molecular weight excluding hydrogens is 481 g/mol. The number of benzene rings is 3. The first kappa shape index (κ1) is 22.9. The fourth-order valence-electron chi connectivity index (χ4n) is 6.64. The fraction of sp³-hybridized carbons (Fsp3) is 0.379. The molecule has 1 amide bonds. The number of nitrogens with zero attached hydrogens (tertiary/aromatic N) is 1. The van der Waals surface area contributed by atoms with Gasteiger partial charge in [0.25, 0.3) is 0 Å². The molecule has 2 fully saturated rings. The van der Waals surface area contributed by atoms with Crippen molar-refractivity contribution in [3.8, 4) is 5.75 Å². The van der Waals surface area contributed by atoms with Gasteiger partial charge >= 0.3 is 0 Å². The predicted molar refractivity (Wildman–Crippen MR) is 139 cm³/mol. The average Bonchev–Trinajstić information content (AvgIpc) is 3.59. The molecule has 6 rings (SSSR count). The molecule has 3 aromatic carbocycles. The number of amides is 1. The van der Waals surface area contributed by atoms with Gasteiger partial charge in [0.1, 0.15) is 12.4 Å². The van der Waals surface area contributed by atoms with E-state index in [1.807, 2.05) is 53.4 Å². The highest BCUT2D eigenvalue weighted by Gasteiger charge is 2.62. The van der Waals surface area contributed by atoms with Gasteiger partial charge in [-0.05, 0) is 60.2 Å². The summed E-state index contributed by atoms with van der Waals surface area (Å²) in [6.07, 6.45) is 3.39. The summed E-state index contributed by atoms with van der Waals surface area (Å²) in [5, 5.41) is 1.82. The van der Waals surface area contributed by atoms with Crippen molar-refractivity contribution in [2.75, 3.05) is 17.3 Å². The summed E-state index contributed by atoms with van der Waals surface area (Å²) in [4.78, 5) is 28.2. The van der Waals surface area contributed by atoms with Crippen molar-refractivity contribution in [1.82, 2.24) is 0 Å². The summed E-state index contributed by atoms with van der Waals surface area (Å²) in [6.45, 7) is 0.994. The van der Waals surface area contributed by atoms with E-state index in [1.54, 1.807) is 0 Å². The van der Waals surface area contributed by atoms with Crippen LogP contribution >= 0.6 is 23.2 Å². The fourth-order valence-corrected chi connectivity index (χ4v) is 7.14. The molecule has 6 heteroatoms. The number of ether oxygens (including phenoxy) is 1. The van der Waals surface area contributed by atoms with E-state index in [0.717, 1.165) is 33.3 Å². The number of carbonyl (C=O) groups is 2. The maximum absolute atomic E-state index is 14.1. The van der Waals surface area contributed by atoms with Crippen molar-refractivity contribution >= 4 is 50.8 Å². The maximum Gasteiger partial charge on any atom is 0.233 e. The number of anilines is 1. The highest BCUT2D eigenvalue weighted by Crippen LogP contribution is 2.63. The molecule has 180 valence electrons. The van der Waals surface area contributed by atoms with E-state index in [4.69, 9.17) is 27.9 Å². The Balaban J connectivity index is 1.40. The number of rotatable bonds is 6. The van der Waals surface area contributed by atoms with Crippen LogP contribution in [0, 0.1) is 10.8 Å². The largest absolute Gasteiger partial charge is 0.488 e. The maximum atomic E-state index is 14.1. The Bertz CT molecular complexity index is 1310. The SMILES string of the molecule is O=C(Cl)C12CCC(C(=O)N3CC(CCl)c4c3cc(OCc3ccccc3)c3ccccc43)(CC1)C2. The van der Waals surface area contributed by atoms with Gasteiger partial charge in [-0.3, -0.25) is 9.59 Å². The first-order valence-electron chi connectivity index (χ1n) is 12.3. The van der Waals surface area contributed by atoms with E-state index < -0.39 is 10.8 Å². The Morgan fingerprint density at radius 2 is 1.60 bits per heavy atom. The Hall–Kier alpha value is -2.56. The number of hydrogen-bond donors (Lipinski definition) is 0. The van der Waals surface area contributed by atoms with Gasteiger partial charge in [0.2, 0.25) is 11.1 Å². The molecule has 2 bridgehead atoms. The highest BCUT2D eigenvalue weighted by molar-refractivity contribution is 6.64. The second-order valence-corrected chi connectivity index (χ2v) is 11.1. The summed E-state index contributed by atoms with van der Waals surface area (Å²) >= 11 is 12.5. The van der Waals surface area contributed by atoms with Gasteiger partial charge in [-0.2, -0.15) is 0 Å². The standard InChI is InChI=1S/C29H27Cl2NO3/c30-15-20-16-32(27(34)29-12-10-28(18-29,11-13-29)26(31)33)23-14-24(35-17-19-6-2-1-3-7-19)21-8-4-5-9-22(21)25(20)23/h1-9,14,20H,10-13,15-18H2. The van der Waals surface area contributed by atoms with Crippen molar-refractivity contribution in [2.24, 2.45) is 10.8 Å². The van der Waals surface area contributed by atoms with Crippen molar-refractivity contribution in [3.63, 3.8) is 0 Å². The topological polar surface area (TPSA) is 46.6 Å². The minimum atomic E-state index is -0.529. The summed E-state index contributed by atoms with van der Waals surface area (Å²) in [5.74, 6) is 1.34. The van der Waals surface area contributed by atoms with Gasteiger partial charge in [-0.15, -0.1) is 11.6 Å². The first-order chi connectivity index (χ1) is 17.0. The van der Waals surface area contributed by atoms with Crippen molar-refractivity contribution in [2.45, 2.75) is 44.6 Å². The Morgan fingerprint density at radius 3 is 2.26 bits per heavy atom. The Kier molecular flexibility index (Phi) is 5.58. The molecule has 0 N–H and O–H groups in total. The van der Waals surface area contributed by atoms with Gasteiger partial charge in [-0.1, -0.05) is 54.6 Å². The number of alkyl halides is 1. The molecule has 2 aliphatic carbocycles. The monoisotopic (exact) mass is 507 g/mol. The number of halogens is 2. The lowest BCUT2D eigenvalue weighted by Crippen LogP contribution is -2.41. The van der Waals surface area contributed by atoms with E-state index in [-0.39, 0.29) is 17.1 Å². The van der Waals surface area contributed by atoms with Crippen LogP contribution in [-0.4, -0.2) is 23.6 Å². The van der Waals surface area contributed by atoms with E-state index in [9.17, 15) is 9.59 Å². The number of hydrogen-bond acceptors (Lipinski definition) is 3. The van der Waals surface area contributed by atoms with Crippen molar-refractivity contribution in [3.05, 3.63) is 71.8 Å². The molecule has 1 atom stereocenters. The molecule has 2 saturated carbocycles. The van der Waals surface area contributed by atoms with Gasteiger partial charge in [0.05, 0.1) is 11.1 Å². The van der Waals surface area contributed by atoms with Crippen LogP contribution in [0.15, 0.2) is 60.7 Å². The van der Waals surface area contributed by atoms with Crippen LogP contribution in [-0.2, 0) is 16.2 Å². The summed E-state index contributed by atoms with van der Waals surface area (Å²) in [5.41, 5.74) is 2.04.